The molecule has 1 aliphatic heterocycles. The number of methoxy groups -OCH3 is 1. The van der Waals surface area contributed by atoms with Crippen molar-refractivity contribution in [2.45, 2.75) is 39.1 Å². The lowest BCUT2D eigenvalue weighted by molar-refractivity contribution is -0.0704. The number of benzene rings is 2. The summed E-state index contributed by atoms with van der Waals surface area (Å²) in [4.78, 5) is 14.6. The van der Waals surface area contributed by atoms with Gasteiger partial charge in [-0.05, 0) is 37.1 Å². The first kappa shape index (κ1) is 20.3. The van der Waals surface area contributed by atoms with Crippen molar-refractivity contribution in [2.24, 2.45) is 0 Å². The molecule has 2 unspecified atom stereocenters. The Bertz CT molecular complexity index is 800. The van der Waals surface area contributed by atoms with Gasteiger partial charge in [-0.25, -0.2) is 4.39 Å². The zero-order valence-corrected chi connectivity index (χ0v) is 16.6. The molecule has 28 heavy (non-hydrogen) atoms. The molecule has 150 valence electrons. The number of nitrogens with one attached hydrogen (secondary N) is 1. The quantitative estimate of drug-likeness (QED) is 0.827. The van der Waals surface area contributed by atoms with E-state index in [0.717, 1.165) is 25.2 Å². The van der Waals surface area contributed by atoms with Crippen molar-refractivity contribution >= 4 is 5.91 Å². The molecular formula is C22H27FN2O3. The van der Waals surface area contributed by atoms with Crippen LogP contribution in [0.5, 0.6) is 5.75 Å². The molecule has 1 N–H and O–H groups in total. The highest BCUT2D eigenvalue weighted by molar-refractivity contribution is 5.94. The predicted octanol–water partition coefficient (Wildman–Crippen LogP) is 3.37. The maximum Gasteiger partial charge on any atom is 0.254 e. The van der Waals surface area contributed by atoms with Gasteiger partial charge in [0.25, 0.3) is 5.91 Å². The van der Waals surface area contributed by atoms with E-state index in [2.05, 4.69) is 36.2 Å². The topological polar surface area (TPSA) is 50.8 Å². The lowest BCUT2D eigenvalue weighted by Crippen LogP contribution is -2.44. The molecule has 2 aromatic carbocycles. The molecular weight excluding hydrogens is 359 g/mol. The Morgan fingerprint density at radius 3 is 2.39 bits per heavy atom. The fraction of sp³-hybridized carbons (Fsp3) is 0.409. The Hall–Kier alpha value is -2.44. The minimum Gasteiger partial charge on any atom is -0.497 e. The van der Waals surface area contributed by atoms with Crippen molar-refractivity contribution in [3.05, 3.63) is 65.0 Å². The fourth-order valence-corrected chi connectivity index (χ4v) is 3.52. The summed E-state index contributed by atoms with van der Waals surface area (Å²) in [7, 11) is 1.46. The van der Waals surface area contributed by atoms with E-state index in [9.17, 15) is 9.18 Å². The minimum absolute atomic E-state index is 0.00739. The van der Waals surface area contributed by atoms with Gasteiger partial charge in [0.15, 0.2) is 0 Å². The highest BCUT2D eigenvalue weighted by atomic mass is 19.1. The highest BCUT2D eigenvalue weighted by Gasteiger charge is 2.22. The van der Waals surface area contributed by atoms with Crippen LogP contribution >= 0.6 is 0 Å². The maximum absolute atomic E-state index is 14.0. The molecule has 0 radical (unpaired) electrons. The second-order valence-electron chi connectivity index (χ2n) is 7.30. The Morgan fingerprint density at radius 1 is 1.14 bits per heavy atom. The van der Waals surface area contributed by atoms with Gasteiger partial charge < -0.3 is 14.8 Å². The largest absolute Gasteiger partial charge is 0.497 e. The molecule has 2 aromatic rings. The first-order valence-electron chi connectivity index (χ1n) is 9.52. The minimum atomic E-state index is -0.596. The summed E-state index contributed by atoms with van der Waals surface area (Å²) in [6.07, 6.45) is 0.494. The van der Waals surface area contributed by atoms with Gasteiger partial charge in [0, 0.05) is 32.2 Å². The normalized spacial score (nSPS) is 20.0. The van der Waals surface area contributed by atoms with E-state index >= 15 is 0 Å². The van der Waals surface area contributed by atoms with Crippen LogP contribution in [-0.2, 0) is 17.8 Å². The maximum atomic E-state index is 14.0. The van der Waals surface area contributed by atoms with Crippen molar-refractivity contribution in [2.75, 3.05) is 20.2 Å². The summed E-state index contributed by atoms with van der Waals surface area (Å²) in [5.41, 5.74) is 2.19. The first-order valence-corrected chi connectivity index (χ1v) is 9.52. The monoisotopic (exact) mass is 386 g/mol. The van der Waals surface area contributed by atoms with Crippen LogP contribution in [0.3, 0.4) is 0 Å². The van der Waals surface area contributed by atoms with Gasteiger partial charge in [0.1, 0.15) is 11.6 Å². The van der Waals surface area contributed by atoms with Crippen LogP contribution in [0.4, 0.5) is 4.39 Å². The summed E-state index contributed by atoms with van der Waals surface area (Å²) in [6, 6.07) is 12.3. The van der Waals surface area contributed by atoms with Gasteiger partial charge >= 0.3 is 0 Å². The third-order valence-corrected chi connectivity index (χ3v) is 4.80. The van der Waals surface area contributed by atoms with Crippen LogP contribution in [0.1, 0.15) is 35.3 Å². The molecule has 1 saturated heterocycles. The summed E-state index contributed by atoms with van der Waals surface area (Å²) >= 11 is 0. The molecule has 6 heteroatoms. The van der Waals surface area contributed by atoms with E-state index in [1.165, 1.54) is 24.8 Å². The average molecular weight is 386 g/mol. The third-order valence-electron chi connectivity index (χ3n) is 4.80. The zero-order valence-electron chi connectivity index (χ0n) is 16.6. The zero-order chi connectivity index (χ0) is 20.1. The third kappa shape index (κ3) is 5.30. The first-order chi connectivity index (χ1) is 13.4. The Morgan fingerprint density at radius 2 is 1.79 bits per heavy atom. The highest BCUT2D eigenvalue weighted by Crippen LogP contribution is 2.17. The number of morpholine rings is 1. The van der Waals surface area contributed by atoms with Crippen molar-refractivity contribution in [1.29, 1.82) is 0 Å². The van der Waals surface area contributed by atoms with E-state index in [0.29, 0.717) is 12.3 Å². The molecule has 1 heterocycles. The number of carbonyl (C=O) groups is 1. The van der Waals surface area contributed by atoms with Crippen molar-refractivity contribution in [3.8, 4) is 5.75 Å². The Balaban J connectivity index is 1.53. The number of amides is 1. The van der Waals surface area contributed by atoms with Crippen molar-refractivity contribution in [3.63, 3.8) is 0 Å². The number of ether oxygens (including phenoxy) is 2. The van der Waals surface area contributed by atoms with Gasteiger partial charge in [-0.1, -0.05) is 24.3 Å². The summed E-state index contributed by atoms with van der Waals surface area (Å²) in [5, 5.41) is 2.76. The van der Waals surface area contributed by atoms with Crippen LogP contribution in [0.25, 0.3) is 0 Å². The number of nitrogens with zero attached hydrogens (tertiary/aromatic N) is 1. The molecule has 1 amide bonds. The van der Waals surface area contributed by atoms with Gasteiger partial charge in [0.05, 0.1) is 24.9 Å². The molecule has 0 saturated carbocycles. The molecule has 0 spiro atoms. The molecule has 0 aromatic heterocycles. The van der Waals surface area contributed by atoms with Crippen LogP contribution in [0, 0.1) is 5.82 Å². The number of halogens is 1. The van der Waals surface area contributed by atoms with Gasteiger partial charge in [-0.3, -0.25) is 9.69 Å². The van der Waals surface area contributed by atoms with E-state index in [-0.39, 0.29) is 17.8 Å². The molecule has 1 fully saturated rings. The lowest BCUT2D eigenvalue weighted by atomic mass is 10.1. The van der Waals surface area contributed by atoms with Crippen LogP contribution in [-0.4, -0.2) is 43.2 Å². The molecule has 2 atom stereocenters. The Kier molecular flexibility index (Phi) is 6.65. The van der Waals surface area contributed by atoms with E-state index in [4.69, 9.17) is 9.47 Å². The number of hydrogen-bond donors (Lipinski definition) is 1. The van der Waals surface area contributed by atoms with Crippen LogP contribution in [0.15, 0.2) is 42.5 Å². The standard InChI is InChI=1S/C22H27FN2O3/c1-15-12-25(13-16(2)28-15)14-18-6-4-17(5-7-18)11-24-22(26)20-9-8-19(27-3)10-21(20)23/h4-10,15-16H,11-14H2,1-3H3,(H,24,26). The average Bonchev–Trinajstić information content (AvgIpc) is 2.66. The molecule has 0 bridgehead atoms. The number of hydrogen-bond acceptors (Lipinski definition) is 4. The molecule has 5 nitrogen and oxygen atoms in total. The van der Waals surface area contributed by atoms with Crippen molar-refractivity contribution in [1.82, 2.24) is 10.2 Å². The second kappa shape index (κ2) is 9.17. The molecule has 1 aliphatic rings. The number of carbonyl (C=O) groups excluding carboxylic acids is 1. The number of rotatable bonds is 6. The fourth-order valence-electron chi connectivity index (χ4n) is 3.52. The Labute approximate surface area is 165 Å². The SMILES string of the molecule is COc1ccc(C(=O)NCc2ccc(CN3CC(C)OC(C)C3)cc2)c(F)c1. The van der Waals surface area contributed by atoms with E-state index < -0.39 is 11.7 Å². The predicted molar refractivity (Wildman–Crippen MR) is 106 cm³/mol. The summed E-state index contributed by atoms with van der Waals surface area (Å²) in [6.45, 7) is 7.27. The van der Waals surface area contributed by atoms with Gasteiger partial charge in [-0.15, -0.1) is 0 Å². The van der Waals surface area contributed by atoms with Crippen LogP contribution in [0.2, 0.25) is 0 Å². The lowest BCUT2D eigenvalue weighted by Gasteiger charge is -2.35. The van der Waals surface area contributed by atoms with Crippen molar-refractivity contribution < 1.29 is 18.7 Å². The molecule has 0 aliphatic carbocycles. The van der Waals surface area contributed by atoms with E-state index in [1.807, 2.05) is 12.1 Å². The van der Waals surface area contributed by atoms with Gasteiger partial charge in [-0.2, -0.15) is 0 Å². The molecule has 3 rings (SSSR count). The summed E-state index contributed by atoms with van der Waals surface area (Å²) < 4.78 is 24.7. The second-order valence-corrected chi connectivity index (χ2v) is 7.30. The smallest absolute Gasteiger partial charge is 0.254 e. The van der Waals surface area contributed by atoms with Crippen LogP contribution < -0.4 is 10.1 Å². The van der Waals surface area contributed by atoms with E-state index in [1.54, 1.807) is 6.07 Å². The van der Waals surface area contributed by atoms with Gasteiger partial charge in [0.2, 0.25) is 0 Å². The summed E-state index contributed by atoms with van der Waals surface area (Å²) in [5.74, 6) is -0.657.